The second-order valence-electron chi connectivity index (χ2n) is 5.74. The normalized spacial score (nSPS) is 16.2. The number of nitrogens with zero attached hydrogens (tertiary/aromatic N) is 1. The molecule has 0 aliphatic carbocycles. The molecule has 1 aliphatic rings. The summed E-state index contributed by atoms with van der Waals surface area (Å²) in [7, 11) is -4.10. The van der Waals surface area contributed by atoms with Gasteiger partial charge in [-0.1, -0.05) is 0 Å². The van der Waals surface area contributed by atoms with E-state index in [4.69, 9.17) is 4.42 Å². The van der Waals surface area contributed by atoms with Gasteiger partial charge in [0.2, 0.25) is 10.0 Å². The molecule has 1 saturated heterocycles. The topological polar surface area (TPSA) is 79.6 Å². The number of likely N-dealkylation sites (tertiary alicyclic amines) is 1. The maximum atomic E-state index is 13.7. The molecule has 1 aromatic carbocycles. The number of carbonyl (C=O) groups excluding carboxylic acids is 1. The van der Waals surface area contributed by atoms with Crippen molar-refractivity contribution in [1.82, 2.24) is 9.62 Å². The van der Waals surface area contributed by atoms with Crippen LogP contribution in [-0.4, -0.2) is 38.4 Å². The average molecular weight is 370 g/mol. The van der Waals surface area contributed by atoms with Gasteiger partial charge in [0.25, 0.3) is 5.91 Å². The summed E-state index contributed by atoms with van der Waals surface area (Å²) in [6, 6.07) is 5.05. The number of furan rings is 1. The van der Waals surface area contributed by atoms with Crippen LogP contribution in [0.5, 0.6) is 0 Å². The van der Waals surface area contributed by atoms with Crippen molar-refractivity contribution in [1.29, 1.82) is 0 Å². The molecular weight excluding hydrogens is 354 g/mol. The molecule has 1 N–H and O–H groups in total. The fraction of sp³-hybridized carbons (Fsp3) is 0.312. The fourth-order valence-corrected chi connectivity index (χ4v) is 4.10. The van der Waals surface area contributed by atoms with Gasteiger partial charge in [-0.05, 0) is 37.1 Å². The Morgan fingerprint density at radius 2 is 1.92 bits per heavy atom. The first kappa shape index (κ1) is 17.6. The van der Waals surface area contributed by atoms with E-state index in [-0.39, 0.29) is 11.7 Å². The third kappa shape index (κ3) is 3.88. The number of amides is 1. The molecule has 0 bridgehead atoms. The summed E-state index contributed by atoms with van der Waals surface area (Å²) in [6.45, 7) is 0.692. The summed E-state index contributed by atoms with van der Waals surface area (Å²) in [5.41, 5.74) is 0. The van der Waals surface area contributed by atoms with E-state index >= 15 is 0 Å². The number of benzene rings is 1. The maximum Gasteiger partial charge on any atom is 0.289 e. The summed E-state index contributed by atoms with van der Waals surface area (Å²) >= 11 is 0. The zero-order valence-electron chi connectivity index (χ0n) is 13.1. The largest absolute Gasteiger partial charge is 0.459 e. The van der Waals surface area contributed by atoms with Crippen LogP contribution < -0.4 is 4.72 Å². The molecule has 2 heterocycles. The molecule has 1 aromatic heterocycles. The Morgan fingerprint density at radius 1 is 1.20 bits per heavy atom. The van der Waals surface area contributed by atoms with Crippen LogP contribution in [0.15, 0.2) is 45.9 Å². The van der Waals surface area contributed by atoms with E-state index in [2.05, 4.69) is 4.72 Å². The van der Waals surface area contributed by atoms with E-state index in [1.807, 2.05) is 0 Å². The van der Waals surface area contributed by atoms with Gasteiger partial charge in [0.1, 0.15) is 16.5 Å². The highest BCUT2D eigenvalue weighted by Crippen LogP contribution is 2.19. The predicted octanol–water partition coefficient (Wildman–Crippen LogP) is 2.14. The van der Waals surface area contributed by atoms with E-state index in [0.717, 1.165) is 12.1 Å². The quantitative estimate of drug-likeness (QED) is 0.894. The highest BCUT2D eigenvalue weighted by Gasteiger charge is 2.29. The van der Waals surface area contributed by atoms with Crippen molar-refractivity contribution in [3.63, 3.8) is 0 Å². The highest BCUT2D eigenvalue weighted by molar-refractivity contribution is 7.89. The first-order valence-corrected chi connectivity index (χ1v) is 9.15. The summed E-state index contributed by atoms with van der Waals surface area (Å²) in [6.07, 6.45) is 2.17. The van der Waals surface area contributed by atoms with Gasteiger partial charge in [-0.2, -0.15) is 0 Å². The van der Waals surface area contributed by atoms with Crippen LogP contribution in [0.1, 0.15) is 23.4 Å². The zero-order valence-corrected chi connectivity index (χ0v) is 13.9. The Labute approximate surface area is 143 Å². The fourth-order valence-electron chi connectivity index (χ4n) is 2.73. The van der Waals surface area contributed by atoms with Gasteiger partial charge in [-0.25, -0.2) is 21.9 Å². The molecule has 2 aromatic rings. The van der Waals surface area contributed by atoms with Crippen molar-refractivity contribution in [3.8, 4) is 0 Å². The summed E-state index contributed by atoms with van der Waals surface area (Å²) in [4.78, 5) is 13.1. The van der Waals surface area contributed by atoms with Crippen LogP contribution in [0.25, 0.3) is 0 Å². The van der Waals surface area contributed by atoms with Crippen molar-refractivity contribution in [2.24, 2.45) is 0 Å². The van der Waals surface area contributed by atoms with Crippen LogP contribution in [0.4, 0.5) is 8.78 Å². The first-order valence-electron chi connectivity index (χ1n) is 7.67. The molecule has 1 aliphatic heterocycles. The summed E-state index contributed by atoms with van der Waals surface area (Å²) < 4.78 is 58.6. The van der Waals surface area contributed by atoms with E-state index in [9.17, 15) is 22.0 Å². The van der Waals surface area contributed by atoms with Gasteiger partial charge >= 0.3 is 0 Å². The smallest absolute Gasteiger partial charge is 0.289 e. The number of carbonyl (C=O) groups is 1. The molecule has 134 valence electrons. The van der Waals surface area contributed by atoms with Crippen molar-refractivity contribution < 1.29 is 26.4 Å². The van der Waals surface area contributed by atoms with Crippen LogP contribution >= 0.6 is 0 Å². The molecule has 6 nitrogen and oxygen atoms in total. The highest BCUT2D eigenvalue weighted by atomic mass is 32.2. The predicted molar refractivity (Wildman–Crippen MR) is 84.3 cm³/mol. The second kappa shape index (κ2) is 6.93. The van der Waals surface area contributed by atoms with Crippen molar-refractivity contribution in [3.05, 3.63) is 54.0 Å². The van der Waals surface area contributed by atoms with Crippen LogP contribution in [0, 0.1) is 11.6 Å². The number of hydrogen-bond acceptors (Lipinski definition) is 4. The number of sulfonamides is 1. The Balaban J connectivity index is 1.62. The minimum absolute atomic E-state index is 0.229. The Kier molecular flexibility index (Phi) is 4.87. The van der Waals surface area contributed by atoms with Gasteiger partial charge in [0, 0.05) is 25.2 Å². The molecule has 25 heavy (non-hydrogen) atoms. The Bertz CT molecular complexity index is 860. The average Bonchev–Trinajstić information content (AvgIpc) is 3.08. The maximum absolute atomic E-state index is 13.7. The number of halogens is 2. The van der Waals surface area contributed by atoms with E-state index in [1.54, 1.807) is 17.0 Å². The van der Waals surface area contributed by atoms with Gasteiger partial charge in [-0.3, -0.25) is 4.79 Å². The third-order valence-electron chi connectivity index (χ3n) is 4.02. The molecule has 3 rings (SSSR count). The molecule has 1 fully saturated rings. The Morgan fingerprint density at radius 3 is 2.52 bits per heavy atom. The molecule has 0 spiro atoms. The minimum Gasteiger partial charge on any atom is -0.459 e. The van der Waals surface area contributed by atoms with Crippen molar-refractivity contribution in [2.75, 3.05) is 13.1 Å². The van der Waals surface area contributed by atoms with Crippen molar-refractivity contribution >= 4 is 15.9 Å². The minimum atomic E-state index is -4.10. The third-order valence-corrected chi connectivity index (χ3v) is 5.57. The summed E-state index contributed by atoms with van der Waals surface area (Å²) in [5, 5.41) is 0. The number of rotatable bonds is 4. The van der Waals surface area contributed by atoms with E-state index < -0.39 is 32.6 Å². The number of nitrogens with one attached hydrogen (secondary N) is 1. The lowest BCUT2D eigenvalue weighted by Crippen LogP contribution is -2.46. The molecule has 1 amide bonds. The van der Waals surface area contributed by atoms with E-state index in [0.29, 0.717) is 32.0 Å². The lowest BCUT2D eigenvalue weighted by Gasteiger charge is -2.31. The van der Waals surface area contributed by atoms with Crippen LogP contribution in [0.3, 0.4) is 0 Å². The second-order valence-corrected chi connectivity index (χ2v) is 7.42. The number of hydrogen-bond donors (Lipinski definition) is 1. The zero-order chi connectivity index (χ0) is 18.0. The standard InChI is InChI=1S/C16H16F2N2O4S/c17-11-3-4-15(13(18)10-11)25(22,23)19-12-5-7-20(8-6-12)16(21)14-2-1-9-24-14/h1-4,9-10,12,19H,5-8H2. The molecule has 0 atom stereocenters. The Hall–Kier alpha value is -2.26. The van der Waals surface area contributed by atoms with Gasteiger partial charge < -0.3 is 9.32 Å². The van der Waals surface area contributed by atoms with Crippen LogP contribution in [0.2, 0.25) is 0 Å². The molecule has 0 saturated carbocycles. The van der Waals surface area contributed by atoms with Gasteiger partial charge in [0.05, 0.1) is 6.26 Å². The van der Waals surface area contributed by atoms with Gasteiger partial charge in [0.15, 0.2) is 5.76 Å². The van der Waals surface area contributed by atoms with Crippen LogP contribution in [-0.2, 0) is 10.0 Å². The molecule has 9 heteroatoms. The van der Waals surface area contributed by atoms with E-state index in [1.165, 1.54) is 6.26 Å². The monoisotopic (exact) mass is 370 g/mol. The molecule has 0 radical (unpaired) electrons. The van der Waals surface area contributed by atoms with Crippen molar-refractivity contribution in [2.45, 2.75) is 23.8 Å². The summed E-state index contributed by atoms with van der Waals surface area (Å²) in [5.74, 6) is -2.01. The first-order chi connectivity index (χ1) is 11.9. The number of piperidine rings is 1. The SMILES string of the molecule is O=C(c1ccco1)N1CCC(NS(=O)(=O)c2ccc(F)cc2F)CC1. The lowest BCUT2D eigenvalue weighted by atomic mass is 10.1. The lowest BCUT2D eigenvalue weighted by molar-refractivity contribution is 0.0679. The molecular formula is C16H16F2N2O4S. The van der Waals surface area contributed by atoms with Gasteiger partial charge in [-0.15, -0.1) is 0 Å². The molecule has 0 unspecified atom stereocenters.